The predicted molar refractivity (Wildman–Crippen MR) is 46.9 cm³/mol. The summed E-state index contributed by atoms with van der Waals surface area (Å²) in [6.45, 7) is 0. The lowest BCUT2D eigenvalue weighted by Crippen LogP contribution is -2.20. The zero-order valence-corrected chi connectivity index (χ0v) is 6.64. The van der Waals surface area contributed by atoms with Gasteiger partial charge < -0.3 is 19.7 Å². The molecule has 0 saturated carbocycles. The van der Waals surface area contributed by atoms with Crippen molar-refractivity contribution in [3.8, 4) is 5.75 Å². The molecule has 3 N–H and O–H groups in total. The van der Waals surface area contributed by atoms with Crippen molar-refractivity contribution < 1.29 is 14.7 Å². The molecular weight excluding hydrogens is 171 g/mol. The van der Waals surface area contributed by atoms with E-state index in [1.54, 1.807) is 12.1 Å². The Morgan fingerprint density at radius 1 is 1.38 bits per heavy atom. The monoisotopic (exact) mass is 178 g/mol. The molecular formula is C7H7BN2O3. The van der Waals surface area contributed by atoms with Crippen LogP contribution in [0, 0.1) is 0 Å². The largest absolute Gasteiger partial charge is 0.707 e. The van der Waals surface area contributed by atoms with Crippen LogP contribution >= 0.6 is 0 Å². The summed E-state index contributed by atoms with van der Waals surface area (Å²) >= 11 is 0. The normalized spacial score (nSPS) is 10.3. The van der Waals surface area contributed by atoms with E-state index < -0.39 is 7.32 Å². The maximum absolute atomic E-state index is 8.60. The van der Waals surface area contributed by atoms with Crippen LogP contribution in [-0.2, 0) is 0 Å². The van der Waals surface area contributed by atoms with Crippen molar-refractivity contribution in [2.75, 3.05) is 0 Å². The van der Waals surface area contributed by atoms with Gasteiger partial charge in [-0.15, -0.1) is 0 Å². The summed E-state index contributed by atoms with van der Waals surface area (Å²) in [5, 5.41) is 17.2. The van der Waals surface area contributed by atoms with Gasteiger partial charge in [0.05, 0.1) is 11.8 Å². The molecule has 0 amide bonds. The van der Waals surface area contributed by atoms with Crippen molar-refractivity contribution in [3.63, 3.8) is 0 Å². The number of nitrogens with one attached hydrogen (secondary N) is 1. The third kappa shape index (κ3) is 1.49. The van der Waals surface area contributed by atoms with Crippen LogP contribution in [-0.4, -0.2) is 27.3 Å². The summed E-state index contributed by atoms with van der Waals surface area (Å²) in [6.07, 6.45) is 1.52. The molecule has 0 aliphatic carbocycles. The summed E-state index contributed by atoms with van der Waals surface area (Å²) in [5.74, 6) is 0.341. The number of aromatic amines is 1. The Morgan fingerprint density at radius 2 is 2.23 bits per heavy atom. The highest BCUT2D eigenvalue weighted by Gasteiger charge is 2.13. The Labute approximate surface area is 74.2 Å². The average Bonchev–Trinajstić information content (AvgIpc) is 2.51. The summed E-state index contributed by atoms with van der Waals surface area (Å²) in [4.78, 5) is 6.85. The van der Waals surface area contributed by atoms with E-state index in [1.165, 1.54) is 6.33 Å². The molecule has 0 fully saturated rings. The van der Waals surface area contributed by atoms with Crippen LogP contribution in [0.2, 0.25) is 0 Å². The molecule has 0 aliphatic heterocycles. The van der Waals surface area contributed by atoms with Gasteiger partial charge in [-0.05, 0) is 12.1 Å². The number of hydrogen-bond donors (Lipinski definition) is 3. The molecule has 0 aliphatic rings. The summed E-state index contributed by atoms with van der Waals surface area (Å²) in [7, 11) is -1.82. The van der Waals surface area contributed by atoms with Crippen molar-refractivity contribution in [2.45, 2.75) is 0 Å². The molecule has 5 nitrogen and oxygen atoms in total. The fourth-order valence-electron chi connectivity index (χ4n) is 1.15. The van der Waals surface area contributed by atoms with Gasteiger partial charge >= 0.3 is 7.32 Å². The molecule has 0 bridgehead atoms. The number of hydrogen-bond acceptors (Lipinski definition) is 4. The molecule has 66 valence electrons. The van der Waals surface area contributed by atoms with Crippen LogP contribution in [0.3, 0.4) is 0 Å². The van der Waals surface area contributed by atoms with Gasteiger partial charge in [-0.1, -0.05) is 6.07 Å². The van der Waals surface area contributed by atoms with Gasteiger partial charge in [-0.2, -0.15) is 0 Å². The van der Waals surface area contributed by atoms with E-state index in [0.717, 1.165) is 5.52 Å². The summed E-state index contributed by atoms with van der Waals surface area (Å²) in [5.41, 5.74) is 1.37. The third-order valence-electron chi connectivity index (χ3n) is 1.65. The van der Waals surface area contributed by atoms with Crippen LogP contribution in [0.15, 0.2) is 24.5 Å². The quantitative estimate of drug-likeness (QED) is 0.561. The Balaban J connectivity index is 2.48. The minimum absolute atomic E-state index is 0.341. The first-order valence-electron chi connectivity index (χ1n) is 3.72. The summed E-state index contributed by atoms with van der Waals surface area (Å²) < 4.78 is 4.71. The fraction of sp³-hybridized carbons (Fsp3) is 0. The first kappa shape index (κ1) is 8.09. The minimum atomic E-state index is -1.82. The molecule has 2 aromatic rings. The Bertz CT molecular complexity index is 415. The van der Waals surface area contributed by atoms with E-state index >= 15 is 0 Å². The zero-order valence-electron chi connectivity index (χ0n) is 6.64. The summed E-state index contributed by atoms with van der Waals surface area (Å²) in [6, 6.07) is 5.17. The Kier molecular flexibility index (Phi) is 1.92. The minimum Gasteiger partial charge on any atom is -0.510 e. The van der Waals surface area contributed by atoms with Crippen molar-refractivity contribution in [3.05, 3.63) is 24.5 Å². The van der Waals surface area contributed by atoms with Crippen molar-refractivity contribution in [1.82, 2.24) is 9.97 Å². The van der Waals surface area contributed by atoms with Gasteiger partial charge in [0.1, 0.15) is 11.3 Å². The number of para-hydroxylation sites is 1. The van der Waals surface area contributed by atoms with Gasteiger partial charge in [0.15, 0.2) is 0 Å². The molecule has 1 heterocycles. The van der Waals surface area contributed by atoms with Crippen LogP contribution in [0.4, 0.5) is 0 Å². The molecule has 1 aromatic heterocycles. The molecule has 0 unspecified atom stereocenters. The van der Waals surface area contributed by atoms with E-state index in [-0.39, 0.29) is 0 Å². The zero-order chi connectivity index (χ0) is 9.26. The Hall–Kier alpha value is -1.53. The number of imidazole rings is 1. The first-order chi connectivity index (χ1) is 6.27. The molecule has 0 saturated heterocycles. The molecule has 0 atom stereocenters. The highest BCUT2D eigenvalue weighted by molar-refractivity contribution is 6.34. The predicted octanol–water partition coefficient (Wildman–Crippen LogP) is -0.0888. The lowest BCUT2D eigenvalue weighted by molar-refractivity contribution is 0.289. The van der Waals surface area contributed by atoms with Gasteiger partial charge in [0, 0.05) is 0 Å². The highest BCUT2D eigenvalue weighted by Crippen LogP contribution is 2.21. The number of nitrogens with zero attached hydrogens (tertiary/aromatic N) is 1. The van der Waals surface area contributed by atoms with Crippen molar-refractivity contribution in [1.29, 1.82) is 0 Å². The van der Waals surface area contributed by atoms with Gasteiger partial charge in [0.25, 0.3) is 0 Å². The number of aromatic nitrogens is 2. The standard InChI is InChI=1S/C7H7BN2O3/c11-8(12)13-6-3-1-2-5-7(6)10-4-9-5/h1-4,11-12H,(H,9,10). The molecule has 1 aromatic carbocycles. The third-order valence-corrected chi connectivity index (χ3v) is 1.65. The second kappa shape index (κ2) is 3.08. The molecule has 0 radical (unpaired) electrons. The average molecular weight is 178 g/mol. The first-order valence-corrected chi connectivity index (χ1v) is 3.72. The second-order valence-corrected chi connectivity index (χ2v) is 2.50. The van der Waals surface area contributed by atoms with E-state index in [4.69, 9.17) is 14.7 Å². The van der Waals surface area contributed by atoms with E-state index in [0.29, 0.717) is 11.3 Å². The maximum atomic E-state index is 8.60. The second-order valence-electron chi connectivity index (χ2n) is 2.50. The van der Waals surface area contributed by atoms with Gasteiger partial charge in [-0.3, -0.25) is 0 Å². The van der Waals surface area contributed by atoms with Crippen LogP contribution < -0.4 is 4.65 Å². The lowest BCUT2D eigenvalue weighted by atomic mass is 10.2. The van der Waals surface area contributed by atoms with E-state index in [9.17, 15) is 0 Å². The number of benzene rings is 1. The van der Waals surface area contributed by atoms with Crippen LogP contribution in [0.25, 0.3) is 11.0 Å². The van der Waals surface area contributed by atoms with Gasteiger partial charge in [0.2, 0.25) is 0 Å². The lowest BCUT2D eigenvalue weighted by Gasteiger charge is -2.03. The van der Waals surface area contributed by atoms with Crippen molar-refractivity contribution in [2.24, 2.45) is 0 Å². The van der Waals surface area contributed by atoms with Crippen LogP contribution in [0.5, 0.6) is 5.75 Å². The van der Waals surface area contributed by atoms with E-state index in [1.807, 2.05) is 6.07 Å². The Morgan fingerprint density at radius 3 is 3.00 bits per heavy atom. The SMILES string of the molecule is OB(O)Oc1cccc2[nH]cnc12. The molecule has 0 spiro atoms. The fourth-order valence-corrected chi connectivity index (χ4v) is 1.15. The molecule has 13 heavy (non-hydrogen) atoms. The maximum Gasteiger partial charge on any atom is 0.707 e. The smallest absolute Gasteiger partial charge is 0.510 e. The number of rotatable bonds is 2. The molecule has 2 rings (SSSR count). The highest BCUT2D eigenvalue weighted by atomic mass is 16.6. The van der Waals surface area contributed by atoms with E-state index in [2.05, 4.69) is 9.97 Å². The van der Waals surface area contributed by atoms with Crippen LogP contribution in [0.1, 0.15) is 0 Å². The number of fused-ring (bicyclic) bond motifs is 1. The van der Waals surface area contributed by atoms with Gasteiger partial charge in [-0.25, -0.2) is 4.98 Å². The number of H-pyrrole nitrogens is 1. The molecule has 6 heteroatoms. The van der Waals surface area contributed by atoms with Crippen molar-refractivity contribution >= 4 is 18.4 Å². The topological polar surface area (TPSA) is 78.4 Å².